The number of ether oxygens (including phenoxy) is 1. The second-order valence-electron chi connectivity index (χ2n) is 8.30. The zero-order valence-corrected chi connectivity index (χ0v) is 19.9. The Bertz CT molecular complexity index is 1220. The van der Waals surface area contributed by atoms with Gasteiger partial charge in [0.2, 0.25) is 5.95 Å². The van der Waals surface area contributed by atoms with E-state index in [1.807, 2.05) is 27.0 Å². The fraction of sp³-hybridized carbons (Fsp3) is 0.320. The van der Waals surface area contributed by atoms with E-state index in [2.05, 4.69) is 56.8 Å². The van der Waals surface area contributed by atoms with E-state index in [0.29, 0.717) is 5.95 Å². The van der Waals surface area contributed by atoms with Crippen molar-refractivity contribution in [2.75, 3.05) is 31.6 Å². The zero-order valence-electron chi connectivity index (χ0n) is 19.1. The molecule has 0 bridgehead atoms. The Hall–Kier alpha value is -3.07. The smallest absolute Gasteiger partial charge is 0.227 e. The summed E-state index contributed by atoms with van der Waals surface area (Å²) in [5.41, 5.74) is 6.19. The molecule has 0 amide bonds. The second-order valence-corrected chi connectivity index (χ2v) is 9.38. The number of rotatable bonds is 6. The van der Waals surface area contributed by atoms with Gasteiger partial charge in [-0.3, -0.25) is 4.90 Å². The van der Waals surface area contributed by atoms with Crippen LogP contribution in [0.15, 0.2) is 47.1 Å². The summed E-state index contributed by atoms with van der Waals surface area (Å²) >= 11 is 1.69. The molecule has 1 aliphatic heterocycles. The molecule has 4 aromatic rings. The van der Waals surface area contributed by atoms with Crippen LogP contribution in [0.25, 0.3) is 21.0 Å². The minimum absolute atomic E-state index is 0.587. The molecular weight excluding hydrogens is 434 g/mol. The molecule has 33 heavy (non-hydrogen) atoms. The SMILES string of the molecule is Cc1cnc(Nc2ccc(CN3CCOCC3)cc2)nc1-c1ccc(-c2c(C)noc2C)s1. The van der Waals surface area contributed by atoms with E-state index < -0.39 is 0 Å². The number of morpholine rings is 1. The minimum atomic E-state index is 0.587. The van der Waals surface area contributed by atoms with Gasteiger partial charge in [0.25, 0.3) is 0 Å². The summed E-state index contributed by atoms with van der Waals surface area (Å²) in [7, 11) is 0. The van der Waals surface area contributed by atoms with E-state index in [9.17, 15) is 0 Å². The molecule has 4 heterocycles. The summed E-state index contributed by atoms with van der Waals surface area (Å²) in [6.45, 7) is 10.5. The van der Waals surface area contributed by atoms with Crippen LogP contribution in [0.2, 0.25) is 0 Å². The van der Waals surface area contributed by atoms with Crippen LogP contribution in [0.4, 0.5) is 11.6 Å². The Labute approximate surface area is 197 Å². The van der Waals surface area contributed by atoms with Gasteiger partial charge >= 0.3 is 0 Å². The Morgan fingerprint density at radius 1 is 1.00 bits per heavy atom. The molecule has 1 aliphatic rings. The van der Waals surface area contributed by atoms with E-state index in [-0.39, 0.29) is 0 Å². The predicted molar refractivity (Wildman–Crippen MR) is 131 cm³/mol. The van der Waals surface area contributed by atoms with Gasteiger partial charge in [-0.1, -0.05) is 17.3 Å². The number of hydrogen-bond acceptors (Lipinski definition) is 8. The Balaban J connectivity index is 1.32. The first-order valence-electron chi connectivity index (χ1n) is 11.1. The molecule has 7 nitrogen and oxygen atoms in total. The normalized spacial score (nSPS) is 14.5. The maximum absolute atomic E-state index is 5.43. The van der Waals surface area contributed by atoms with Gasteiger partial charge in [0.15, 0.2) is 0 Å². The van der Waals surface area contributed by atoms with Gasteiger partial charge in [-0.15, -0.1) is 11.3 Å². The molecule has 1 fully saturated rings. The van der Waals surface area contributed by atoms with Gasteiger partial charge in [0.05, 0.1) is 35.0 Å². The van der Waals surface area contributed by atoms with Crippen LogP contribution in [-0.4, -0.2) is 46.3 Å². The zero-order chi connectivity index (χ0) is 22.8. The van der Waals surface area contributed by atoms with Crippen molar-refractivity contribution in [1.29, 1.82) is 0 Å². The average Bonchev–Trinajstić information content (AvgIpc) is 3.43. The summed E-state index contributed by atoms with van der Waals surface area (Å²) in [5, 5.41) is 7.43. The number of anilines is 2. The molecule has 1 aromatic carbocycles. The maximum Gasteiger partial charge on any atom is 0.227 e. The maximum atomic E-state index is 5.43. The van der Waals surface area contributed by atoms with Crippen molar-refractivity contribution in [3.63, 3.8) is 0 Å². The molecule has 0 unspecified atom stereocenters. The van der Waals surface area contributed by atoms with E-state index >= 15 is 0 Å². The third kappa shape index (κ3) is 4.83. The molecule has 3 aromatic heterocycles. The van der Waals surface area contributed by atoms with Gasteiger partial charge in [-0.2, -0.15) is 0 Å². The van der Waals surface area contributed by atoms with Crippen molar-refractivity contribution in [3.8, 4) is 21.0 Å². The van der Waals surface area contributed by atoms with Crippen molar-refractivity contribution < 1.29 is 9.26 Å². The Morgan fingerprint density at radius 2 is 1.76 bits per heavy atom. The number of hydrogen-bond donors (Lipinski definition) is 1. The molecule has 1 saturated heterocycles. The summed E-state index contributed by atoms with van der Waals surface area (Å²) in [4.78, 5) is 14.0. The minimum Gasteiger partial charge on any atom is -0.379 e. The summed E-state index contributed by atoms with van der Waals surface area (Å²) in [6, 6.07) is 12.7. The number of nitrogens with zero attached hydrogens (tertiary/aromatic N) is 4. The number of aryl methyl sites for hydroxylation is 3. The standard InChI is InChI=1S/C25H27N5O2S/c1-16-14-26-25(27-20-6-4-19(5-7-20)15-30-10-12-31-13-11-30)28-24(16)22-9-8-21(33-22)23-17(2)29-32-18(23)3/h4-9,14H,10-13,15H2,1-3H3,(H,26,27,28). The van der Waals surface area contributed by atoms with Crippen LogP contribution in [0, 0.1) is 20.8 Å². The molecule has 1 N–H and O–H groups in total. The highest BCUT2D eigenvalue weighted by molar-refractivity contribution is 7.18. The molecular formula is C25H27N5O2S. The van der Waals surface area contributed by atoms with Crippen LogP contribution in [0.5, 0.6) is 0 Å². The number of nitrogens with one attached hydrogen (secondary N) is 1. The number of benzene rings is 1. The molecule has 0 atom stereocenters. The van der Waals surface area contributed by atoms with E-state index in [1.165, 1.54) is 5.56 Å². The molecule has 0 aliphatic carbocycles. The topological polar surface area (TPSA) is 76.3 Å². The highest BCUT2D eigenvalue weighted by Crippen LogP contribution is 2.37. The number of aromatic nitrogens is 3. The summed E-state index contributed by atoms with van der Waals surface area (Å²) < 4.78 is 10.8. The fourth-order valence-corrected chi connectivity index (χ4v) is 5.23. The lowest BCUT2D eigenvalue weighted by Gasteiger charge is -2.26. The molecule has 0 spiro atoms. The first kappa shape index (κ1) is 21.8. The largest absolute Gasteiger partial charge is 0.379 e. The van der Waals surface area contributed by atoms with Crippen molar-refractivity contribution in [1.82, 2.24) is 20.0 Å². The quantitative estimate of drug-likeness (QED) is 0.414. The Kier molecular flexibility index (Phi) is 6.22. The molecule has 0 saturated carbocycles. The van der Waals surface area contributed by atoms with Crippen LogP contribution >= 0.6 is 11.3 Å². The van der Waals surface area contributed by atoms with E-state index in [4.69, 9.17) is 14.2 Å². The van der Waals surface area contributed by atoms with Crippen LogP contribution < -0.4 is 5.32 Å². The number of thiophene rings is 1. The van der Waals surface area contributed by atoms with Gasteiger partial charge in [-0.05, 0) is 56.2 Å². The summed E-state index contributed by atoms with van der Waals surface area (Å²) in [6.07, 6.45) is 1.87. The molecule has 5 rings (SSSR count). The van der Waals surface area contributed by atoms with Gasteiger partial charge in [0, 0.05) is 36.4 Å². The van der Waals surface area contributed by atoms with Crippen molar-refractivity contribution >= 4 is 23.0 Å². The lowest BCUT2D eigenvalue weighted by atomic mass is 10.1. The third-order valence-electron chi connectivity index (χ3n) is 5.81. The van der Waals surface area contributed by atoms with E-state index in [0.717, 1.165) is 76.6 Å². The first-order chi connectivity index (χ1) is 16.1. The lowest BCUT2D eigenvalue weighted by molar-refractivity contribution is 0.0342. The van der Waals surface area contributed by atoms with E-state index in [1.54, 1.807) is 11.3 Å². The monoisotopic (exact) mass is 461 g/mol. The van der Waals surface area contributed by atoms with Crippen molar-refractivity contribution in [2.24, 2.45) is 0 Å². The van der Waals surface area contributed by atoms with Gasteiger partial charge < -0.3 is 14.6 Å². The second kappa shape index (κ2) is 9.43. The molecule has 170 valence electrons. The summed E-state index contributed by atoms with van der Waals surface area (Å²) in [5.74, 6) is 1.42. The molecule has 0 radical (unpaired) electrons. The van der Waals surface area contributed by atoms with Crippen molar-refractivity contribution in [2.45, 2.75) is 27.3 Å². The van der Waals surface area contributed by atoms with Crippen LogP contribution in [0.1, 0.15) is 22.6 Å². The van der Waals surface area contributed by atoms with Crippen molar-refractivity contribution in [3.05, 3.63) is 65.2 Å². The van der Waals surface area contributed by atoms with Crippen LogP contribution in [0.3, 0.4) is 0 Å². The van der Waals surface area contributed by atoms with Gasteiger partial charge in [0.1, 0.15) is 5.76 Å². The lowest BCUT2D eigenvalue weighted by Crippen LogP contribution is -2.35. The Morgan fingerprint density at radius 3 is 2.48 bits per heavy atom. The average molecular weight is 462 g/mol. The highest BCUT2D eigenvalue weighted by atomic mass is 32.1. The van der Waals surface area contributed by atoms with Crippen LogP contribution in [-0.2, 0) is 11.3 Å². The van der Waals surface area contributed by atoms with Gasteiger partial charge in [-0.25, -0.2) is 9.97 Å². The fourth-order valence-electron chi connectivity index (χ4n) is 4.03. The predicted octanol–water partition coefficient (Wildman–Crippen LogP) is 5.36. The third-order valence-corrected chi connectivity index (χ3v) is 6.92. The molecule has 8 heteroatoms. The first-order valence-corrected chi connectivity index (χ1v) is 11.9. The highest BCUT2D eigenvalue weighted by Gasteiger charge is 2.16.